The van der Waals surface area contributed by atoms with Crippen LogP contribution in [0.4, 0.5) is 0 Å². The molecule has 0 aliphatic carbocycles. The first kappa shape index (κ1) is 9.83. The summed E-state index contributed by atoms with van der Waals surface area (Å²) in [6.07, 6.45) is 1.74. The lowest BCUT2D eigenvalue weighted by Gasteiger charge is -2.13. The first-order valence-electron chi connectivity index (χ1n) is 4.31. The Morgan fingerprint density at radius 1 is 1.62 bits per heavy atom. The van der Waals surface area contributed by atoms with E-state index in [-0.39, 0.29) is 0 Å². The fourth-order valence-electron chi connectivity index (χ4n) is 0.981. The van der Waals surface area contributed by atoms with Gasteiger partial charge in [0.1, 0.15) is 19.4 Å². The first-order valence-corrected chi connectivity index (χ1v) is 4.31. The van der Waals surface area contributed by atoms with E-state index in [1.165, 1.54) is 7.11 Å². The summed E-state index contributed by atoms with van der Waals surface area (Å²) in [5, 5.41) is 7.57. The van der Waals surface area contributed by atoms with E-state index < -0.39 is 0 Å². The Hall–Kier alpha value is -1.26. The van der Waals surface area contributed by atoms with Crippen LogP contribution in [0.2, 0.25) is 0 Å². The van der Waals surface area contributed by atoms with Crippen molar-refractivity contribution in [2.45, 2.75) is 19.8 Å². The third-order valence-corrected chi connectivity index (χ3v) is 1.50. The van der Waals surface area contributed by atoms with Gasteiger partial charge in [-0.3, -0.25) is 0 Å². The molecule has 74 valence electrons. The highest BCUT2D eigenvalue weighted by molar-refractivity contribution is 6.38. The molecule has 0 aromatic carbocycles. The summed E-state index contributed by atoms with van der Waals surface area (Å²) in [5.74, 6) is 0.440. The maximum absolute atomic E-state index is 5.26. The molecule has 1 aliphatic rings. The molecule has 0 aromatic heterocycles. The number of ether oxygens (including phenoxy) is 1. The Labute approximate surface area is 77.3 Å². The van der Waals surface area contributed by atoms with E-state index in [0.29, 0.717) is 24.8 Å². The number of nitrogens with zero attached hydrogens (tertiary/aromatic N) is 2. The second-order valence-corrected chi connectivity index (χ2v) is 2.55. The van der Waals surface area contributed by atoms with E-state index in [4.69, 9.17) is 9.57 Å². The van der Waals surface area contributed by atoms with Crippen LogP contribution < -0.4 is 0 Å². The average molecular weight is 186 g/mol. The van der Waals surface area contributed by atoms with Crippen molar-refractivity contribution in [3.8, 4) is 0 Å². The molecule has 0 spiro atoms. The monoisotopic (exact) mass is 186 g/mol. The second-order valence-electron chi connectivity index (χ2n) is 2.55. The molecule has 13 heavy (non-hydrogen) atoms. The van der Waals surface area contributed by atoms with Gasteiger partial charge in [0.2, 0.25) is 0 Å². The largest absolute Gasteiger partial charge is 0.470 e. The van der Waals surface area contributed by atoms with Gasteiger partial charge in [-0.05, 0) is 11.6 Å². The summed E-state index contributed by atoms with van der Waals surface area (Å²) in [5.41, 5.74) is 0.699. The normalized spacial score (nSPS) is 17.1. The van der Waals surface area contributed by atoms with Crippen molar-refractivity contribution < 1.29 is 14.4 Å². The third-order valence-electron chi connectivity index (χ3n) is 1.50. The molecule has 0 fully saturated rings. The summed E-state index contributed by atoms with van der Waals surface area (Å²) < 4.78 is 5.26. The maximum atomic E-state index is 5.26. The molecule has 0 saturated carbocycles. The lowest BCUT2D eigenvalue weighted by atomic mass is 10.2. The fourth-order valence-corrected chi connectivity index (χ4v) is 0.981. The van der Waals surface area contributed by atoms with Crippen molar-refractivity contribution >= 4 is 11.6 Å². The van der Waals surface area contributed by atoms with Gasteiger partial charge in [-0.25, -0.2) is 0 Å². The zero-order valence-corrected chi connectivity index (χ0v) is 7.95. The third kappa shape index (κ3) is 2.93. The minimum atomic E-state index is 0.440. The maximum Gasteiger partial charge on any atom is 0.275 e. The summed E-state index contributed by atoms with van der Waals surface area (Å²) in [6, 6.07) is 0. The topological polar surface area (TPSA) is 52.4 Å². The molecule has 1 heterocycles. The summed E-state index contributed by atoms with van der Waals surface area (Å²) in [7, 11) is 1.50. The lowest BCUT2D eigenvalue weighted by molar-refractivity contribution is 0.0670. The Morgan fingerprint density at radius 2 is 2.46 bits per heavy atom. The Kier molecular flexibility index (Phi) is 4.08. The number of hydrogen-bond donors (Lipinski definition) is 0. The van der Waals surface area contributed by atoms with Crippen LogP contribution in [0.15, 0.2) is 10.3 Å². The standard InChI is InChI=1S/C8H14N2O3/c1-3-4-7(9-11-2)8-10-13-6-5-12-8/h3-6H2,1-2H3/b9-7+. The van der Waals surface area contributed by atoms with E-state index in [1.54, 1.807) is 0 Å². The Balaban J connectivity index is 2.62. The van der Waals surface area contributed by atoms with Crippen LogP contribution in [0.5, 0.6) is 0 Å². The highest BCUT2D eigenvalue weighted by Crippen LogP contribution is 2.02. The van der Waals surface area contributed by atoms with Crippen molar-refractivity contribution in [3.63, 3.8) is 0 Å². The SMILES string of the molecule is CCC/C(=N\OC)C1=NOCCO1. The second kappa shape index (κ2) is 5.40. The van der Waals surface area contributed by atoms with Crippen LogP contribution in [0.3, 0.4) is 0 Å². The molecule has 0 N–H and O–H groups in total. The molecule has 0 bridgehead atoms. The minimum Gasteiger partial charge on any atom is -0.470 e. The molecule has 0 radical (unpaired) electrons. The molecule has 0 unspecified atom stereocenters. The highest BCUT2D eigenvalue weighted by Gasteiger charge is 2.15. The Morgan fingerprint density at radius 3 is 3.00 bits per heavy atom. The summed E-state index contributed by atoms with van der Waals surface area (Å²) >= 11 is 0. The zero-order valence-electron chi connectivity index (χ0n) is 7.95. The number of rotatable bonds is 4. The molecule has 5 nitrogen and oxygen atoms in total. The number of oxime groups is 2. The summed E-state index contributed by atoms with van der Waals surface area (Å²) in [4.78, 5) is 9.56. The highest BCUT2D eigenvalue weighted by atomic mass is 16.7. The van der Waals surface area contributed by atoms with Gasteiger partial charge >= 0.3 is 0 Å². The smallest absolute Gasteiger partial charge is 0.275 e. The molecule has 1 aliphatic heterocycles. The van der Waals surface area contributed by atoms with Crippen LogP contribution in [-0.2, 0) is 14.4 Å². The molecule has 5 heteroatoms. The minimum absolute atomic E-state index is 0.440. The van der Waals surface area contributed by atoms with Gasteiger partial charge in [-0.15, -0.1) is 0 Å². The predicted octanol–water partition coefficient (Wildman–Crippen LogP) is 1.15. The average Bonchev–Trinajstić information content (AvgIpc) is 2.19. The summed E-state index contributed by atoms with van der Waals surface area (Å²) in [6.45, 7) is 3.07. The van der Waals surface area contributed by atoms with E-state index in [0.717, 1.165) is 12.8 Å². The zero-order chi connectivity index (χ0) is 9.52. The van der Waals surface area contributed by atoms with Crippen LogP contribution in [0, 0.1) is 0 Å². The van der Waals surface area contributed by atoms with Crippen LogP contribution in [0.25, 0.3) is 0 Å². The lowest BCUT2D eigenvalue weighted by Crippen LogP contribution is -2.24. The van der Waals surface area contributed by atoms with E-state index in [9.17, 15) is 0 Å². The molecule has 0 aromatic rings. The van der Waals surface area contributed by atoms with Crippen molar-refractivity contribution in [2.24, 2.45) is 10.3 Å². The predicted molar refractivity (Wildman–Crippen MR) is 48.7 cm³/mol. The van der Waals surface area contributed by atoms with Gasteiger partial charge in [0.05, 0.1) is 0 Å². The van der Waals surface area contributed by atoms with Crippen molar-refractivity contribution in [3.05, 3.63) is 0 Å². The van der Waals surface area contributed by atoms with Crippen LogP contribution >= 0.6 is 0 Å². The van der Waals surface area contributed by atoms with E-state index in [1.807, 2.05) is 0 Å². The molecule has 1 rings (SSSR count). The van der Waals surface area contributed by atoms with Crippen LogP contribution in [-0.4, -0.2) is 31.9 Å². The van der Waals surface area contributed by atoms with Crippen molar-refractivity contribution in [1.82, 2.24) is 0 Å². The molecular formula is C8H14N2O3. The van der Waals surface area contributed by atoms with Crippen LogP contribution in [0.1, 0.15) is 19.8 Å². The van der Waals surface area contributed by atoms with Crippen molar-refractivity contribution in [2.75, 3.05) is 20.3 Å². The van der Waals surface area contributed by atoms with Gasteiger partial charge in [0.15, 0.2) is 6.61 Å². The van der Waals surface area contributed by atoms with Gasteiger partial charge < -0.3 is 14.4 Å². The van der Waals surface area contributed by atoms with Gasteiger partial charge in [-0.1, -0.05) is 18.5 Å². The van der Waals surface area contributed by atoms with E-state index >= 15 is 0 Å². The van der Waals surface area contributed by atoms with Gasteiger partial charge in [0.25, 0.3) is 5.90 Å². The fraction of sp³-hybridized carbons (Fsp3) is 0.750. The first-order chi connectivity index (χ1) is 6.38. The molecule has 0 saturated heterocycles. The molecule has 0 atom stereocenters. The Bertz CT molecular complexity index is 213. The van der Waals surface area contributed by atoms with Crippen molar-refractivity contribution in [1.29, 1.82) is 0 Å². The number of hydrogen-bond acceptors (Lipinski definition) is 5. The van der Waals surface area contributed by atoms with Gasteiger partial charge in [0, 0.05) is 0 Å². The van der Waals surface area contributed by atoms with E-state index in [2.05, 4.69) is 22.1 Å². The van der Waals surface area contributed by atoms with Gasteiger partial charge in [-0.2, -0.15) is 0 Å². The quantitative estimate of drug-likeness (QED) is 0.489. The molecule has 0 amide bonds. The molecular weight excluding hydrogens is 172 g/mol.